The Bertz CT molecular complexity index is 3080. The summed E-state index contributed by atoms with van der Waals surface area (Å²) in [6.07, 6.45) is 21.5. The number of benzene rings is 1. The van der Waals surface area contributed by atoms with Crippen LogP contribution in [0.2, 0.25) is 0 Å². The number of fused-ring (bicyclic) bond motifs is 5. The van der Waals surface area contributed by atoms with Crippen molar-refractivity contribution in [3.05, 3.63) is 83.5 Å². The maximum atomic E-state index is 17.3. The van der Waals surface area contributed by atoms with E-state index >= 15 is 14.4 Å². The molecule has 1 aromatic heterocycles. The van der Waals surface area contributed by atoms with Gasteiger partial charge in [-0.05, 0) is 190 Å². The van der Waals surface area contributed by atoms with Crippen molar-refractivity contribution in [2.45, 2.75) is 197 Å². The topological polar surface area (TPSA) is 181 Å². The van der Waals surface area contributed by atoms with Gasteiger partial charge in [-0.15, -0.1) is 0 Å². The van der Waals surface area contributed by atoms with E-state index in [9.17, 15) is 15.3 Å². The highest BCUT2D eigenvalue weighted by Crippen LogP contribution is 2.91. The Hall–Kier alpha value is -3.85. The summed E-state index contributed by atoms with van der Waals surface area (Å²) < 4.78 is 36.8. The van der Waals surface area contributed by atoms with E-state index in [4.69, 9.17) is 23.4 Å². The number of hydrogen-bond donors (Lipinski definition) is 4. The number of cyclic esters (lactones) is 2. The molecule has 5 saturated heterocycles. The van der Waals surface area contributed by atoms with Crippen LogP contribution in [0, 0.1) is 104 Å². The summed E-state index contributed by atoms with van der Waals surface area (Å²) in [5.41, 5.74) is -4.24. The first kappa shape index (κ1) is 53.4. The van der Waals surface area contributed by atoms with E-state index < -0.39 is 86.6 Å². The third-order valence-electron chi connectivity index (χ3n) is 28.5. The van der Waals surface area contributed by atoms with Gasteiger partial charge in [0.15, 0.2) is 11.9 Å². The Kier molecular flexibility index (Phi) is 11.5. The summed E-state index contributed by atoms with van der Waals surface area (Å²) in [4.78, 5) is 51.4. The summed E-state index contributed by atoms with van der Waals surface area (Å²) in [5.74, 6) is -1.01. The molecule has 83 heavy (non-hydrogen) atoms. The predicted octanol–water partition coefficient (Wildman–Crippen LogP) is 9.61. The number of furan rings is 1. The highest BCUT2D eigenvalue weighted by atomic mass is 16.7. The number of epoxide rings is 1. The molecule has 5 bridgehead atoms. The normalized spacial score (nSPS) is 50.3. The highest BCUT2D eigenvalue weighted by molar-refractivity contribution is 5.94. The van der Waals surface area contributed by atoms with E-state index in [1.807, 2.05) is 6.07 Å². The second-order valence-electron chi connectivity index (χ2n) is 31.6. The molecule has 8 saturated carbocycles. The molecule has 0 amide bonds. The van der Waals surface area contributed by atoms with Gasteiger partial charge in [-0.3, -0.25) is 14.9 Å². The zero-order chi connectivity index (χ0) is 56.6. The molecule has 2 aromatic rings. The van der Waals surface area contributed by atoms with Gasteiger partial charge < -0.3 is 43.6 Å². The van der Waals surface area contributed by atoms with Gasteiger partial charge in [0.2, 0.25) is 0 Å². The predicted molar refractivity (Wildman–Crippen MR) is 305 cm³/mol. The van der Waals surface area contributed by atoms with Crippen LogP contribution >= 0.6 is 0 Å². The Morgan fingerprint density at radius 3 is 2.52 bits per heavy atom. The lowest BCUT2D eigenvalue weighted by Crippen LogP contribution is -2.82. The molecule has 4 N–H and O–H groups in total. The van der Waals surface area contributed by atoms with Gasteiger partial charge in [0, 0.05) is 41.3 Å². The van der Waals surface area contributed by atoms with Gasteiger partial charge >= 0.3 is 11.9 Å². The third-order valence-corrected chi connectivity index (χ3v) is 28.5. The fourth-order valence-corrected chi connectivity index (χ4v) is 26.3. The lowest BCUT2D eigenvalue weighted by atomic mass is 9.29. The number of aliphatic hydroxyl groups excluding tert-OH is 3. The summed E-state index contributed by atoms with van der Waals surface area (Å²) in [6, 6.07) is 13.2. The van der Waals surface area contributed by atoms with Crippen LogP contribution in [-0.2, 0) is 46.2 Å². The van der Waals surface area contributed by atoms with Crippen molar-refractivity contribution in [1.82, 2.24) is 10.2 Å². The minimum absolute atomic E-state index is 0.0454. The monoisotopic (exact) mass is 1130 g/mol. The number of allylic oxidation sites excluding steroid dienone is 1. The number of ketones is 1. The number of rotatable bonds is 11. The molecule has 15 aliphatic rings. The average Bonchev–Trinajstić information content (AvgIpc) is 1.49. The van der Waals surface area contributed by atoms with Crippen LogP contribution in [0.25, 0.3) is 0 Å². The van der Waals surface area contributed by atoms with Crippen molar-refractivity contribution in [3.63, 3.8) is 0 Å². The van der Waals surface area contributed by atoms with Gasteiger partial charge in [0.1, 0.15) is 35.8 Å². The largest absolute Gasteiger partial charge is 0.469 e. The summed E-state index contributed by atoms with van der Waals surface area (Å²) in [5, 5.41) is 41.1. The number of aliphatic hydroxyl groups is 3. The molecule has 24 atom stereocenters. The average molecular weight is 1140 g/mol. The van der Waals surface area contributed by atoms with Crippen molar-refractivity contribution in [1.29, 1.82) is 0 Å². The molecule has 13 nitrogen and oxygen atoms in total. The minimum atomic E-state index is -1.50. The van der Waals surface area contributed by atoms with Crippen molar-refractivity contribution in [3.8, 4) is 0 Å². The van der Waals surface area contributed by atoms with E-state index in [1.54, 1.807) is 6.26 Å². The molecule has 13 fully saturated rings. The van der Waals surface area contributed by atoms with Crippen LogP contribution in [0.4, 0.5) is 0 Å². The molecule has 7 aliphatic heterocycles. The van der Waals surface area contributed by atoms with Gasteiger partial charge in [-0.25, -0.2) is 4.79 Å². The molecule has 13 heteroatoms. The maximum absolute atomic E-state index is 17.3. The first-order chi connectivity index (χ1) is 40.1. The Balaban J connectivity index is 0.868. The molecule has 1 aromatic carbocycles. The maximum Gasteiger partial charge on any atom is 0.339 e. The van der Waals surface area contributed by atoms with E-state index in [0.29, 0.717) is 42.4 Å². The number of esters is 2. The summed E-state index contributed by atoms with van der Waals surface area (Å²) >= 11 is 0. The van der Waals surface area contributed by atoms with Crippen molar-refractivity contribution in [2.24, 2.45) is 104 Å². The molecule has 0 unspecified atom stereocenters. The van der Waals surface area contributed by atoms with Crippen LogP contribution in [0.15, 0.2) is 71.0 Å². The van der Waals surface area contributed by atoms with Crippen molar-refractivity contribution in [2.75, 3.05) is 26.4 Å². The number of nitrogens with one attached hydrogen (secondary N) is 1. The first-order valence-electron chi connectivity index (χ1n) is 33.3. The summed E-state index contributed by atoms with van der Waals surface area (Å²) in [6.45, 7) is 10.5. The fourth-order valence-electron chi connectivity index (χ4n) is 26.3. The van der Waals surface area contributed by atoms with Crippen LogP contribution in [0.1, 0.15) is 160 Å². The molecule has 5 spiro atoms. The zero-order valence-electron chi connectivity index (χ0n) is 49.5. The van der Waals surface area contributed by atoms with Crippen LogP contribution in [0.5, 0.6) is 0 Å². The second kappa shape index (κ2) is 17.9. The zero-order valence-corrected chi connectivity index (χ0v) is 49.5. The molecule has 8 aliphatic carbocycles. The van der Waals surface area contributed by atoms with Crippen LogP contribution < -0.4 is 5.32 Å². The van der Waals surface area contributed by atoms with Gasteiger partial charge in [0.05, 0.1) is 48.5 Å². The SMILES string of the molecule is CC(C)C[C@H]1C=C2C[C@@H]3CCC4(CCCC4)[C@]34C[C@@H]3C[C@@]5(C)[C@H](c6ccoc6C[C@@H]([C@H]6CC[C@H]7[C@H](C=CN8CNC[C@H]78)C6)[C@H](O)CO)OC(=O)[C@H]6O[C@]65[C@]5([C@H]6CCC[C@H](Cc7ccccc7)C6)[C@H](O)C(=O)[C@@H]6[C@@]1(C)O[C@]21[C@H]4C(=O)OC[C@@]61[C@@H]35. The first-order valence-corrected chi connectivity index (χ1v) is 33.3. The van der Waals surface area contributed by atoms with E-state index in [1.165, 1.54) is 11.1 Å². The van der Waals surface area contributed by atoms with Crippen molar-refractivity contribution >= 4 is 17.7 Å². The number of carbonyl (C=O) groups is 3. The van der Waals surface area contributed by atoms with Crippen molar-refractivity contribution < 1.29 is 53.1 Å². The quantitative estimate of drug-likeness (QED) is 0.0950. The Labute approximate surface area is 489 Å². The van der Waals surface area contributed by atoms with Gasteiger partial charge in [0.25, 0.3) is 0 Å². The van der Waals surface area contributed by atoms with Crippen LogP contribution in [-0.4, -0.2) is 106 Å². The highest BCUT2D eigenvalue weighted by Gasteiger charge is 2.99. The van der Waals surface area contributed by atoms with E-state index in [-0.39, 0.29) is 71.8 Å². The smallest absolute Gasteiger partial charge is 0.339 e. The lowest BCUT2D eigenvalue weighted by Gasteiger charge is -2.73. The van der Waals surface area contributed by atoms with E-state index in [0.717, 1.165) is 128 Å². The lowest BCUT2D eigenvalue weighted by molar-refractivity contribution is -0.301. The van der Waals surface area contributed by atoms with E-state index in [2.05, 4.69) is 86.6 Å². The van der Waals surface area contributed by atoms with Gasteiger partial charge in [-0.2, -0.15) is 0 Å². The molecule has 0 radical (unpaired) electrons. The number of nitrogens with zero attached hydrogens (tertiary/aromatic N) is 1. The molecular formula is C70H90N2O11. The number of carbonyl (C=O) groups excluding carboxylic acids is 3. The number of ether oxygens (including phenoxy) is 4. The second-order valence-corrected chi connectivity index (χ2v) is 31.6. The standard InChI is InChI=1S/C70H90N2O11/c1-38(2)25-46-30-47-29-44-17-22-65(20-8-9-21-65)66(44)33-43-32-63(3)59(49-19-24-79-53(49)31-50(52(74)35-73)41-15-16-48-42(28-41)18-23-72-37-71-34-51(48)72)81-62(78)60-70(63,82-60)68(45-14-10-13-40(27-45)26-39-11-6-5-7-12-39)55(43)67-36-80-61(77)57(66)69(47,67)83-64(46,4)56(67)54(75)58(68)76/h5-7,11-12,18-19,23-24,30,38,40-46,48,50-52,55-60,71,73-74,76H,8-10,13-17,20-22,25-29,31-37H2,1-4H3/t40-,41+,42-,43+,44+,45+,46+,48+,50+,51-,52-,55-,56-,57+,58-,59+,60-,63+,64+,66-,67-,68+,69+,70-/m1/s1. The molecule has 446 valence electrons. The third kappa shape index (κ3) is 6.30. The molecule has 8 heterocycles. The summed E-state index contributed by atoms with van der Waals surface area (Å²) in [7, 11) is 0. The Morgan fingerprint density at radius 1 is 0.880 bits per heavy atom. The molecule has 17 rings (SSSR count). The molecular weight excluding hydrogens is 1040 g/mol. The fraction of sp³-hybridized carbons (Fsp3) is 0.757. The van der Waals surface area contributed by atoms with Gasteiger partial charge in [-0.1, -0.05) is 88.9 Å². The Morgan fingerprint density at radius 2 is 1.71 bits per heavy atom. The number of hydrogen-bond acceptors (Lipinski definition) is 13. The van der Waals surface area contributed by atoms with Crippen LogP contribution in [0.3, 0.4) is 0 Å². The minimum Gasteiger partial charge on any atom is -0.469 e. The number of Topliss-reactive ketones (excluding diaryl/α,β-unsaturated/α-hetero) is 1.